The molecule has 3 N–H and O–H groups in total. The van der Waals surface area contributed by atoms with Crippen molar-refractivity contribution in [2.75, 3.05) is 6.61 Å². The number of phenolic OH excluding ortho intramolecular Hbond substituents is 3. The summed E-state index contributed by atoms with van der Waals surface area (Å²) in [6.07, 6.45) is 6.17. The Morgan fingerprint density at radius 3 is 2.30 bits per heavy atom. The van der Waals surface area contributed by atoms with Crippen molar-refractivity contribution in [3.63, 3.8) is 0 Å². The van der Waals surface area contributed by atoms with E-state index in [4.69, 9.17) is 9.84 Å². The highest BCUT2D eigenvalue weighted by Crippen LogP contribution is 2.25. The molecule has 0 aliphatic carbocycles. The van der Waals surface area contributed by atoms with E-state index in [1.165, 1.54) is 24.3 Å². The van der Waals surface area contributed by atoms with Gasteiger partial charge in [-0.1, -0.05) is 24.3 Å². The first-order chi connectivity index (χ1) is 11.0. The van der Waals surface area contributed by atoms with Gasteiger partial charge in [-0.05, 0) is 47.5 Å². The van der Waals surface area contributed by atoms with Crippen LogP contribution in [0.2, 0.25) is 0 Å². The van der Waals surface area contributed by atoms with E-state index in [0.717, 1.165) is 5.56 Å². The summed E-state index contributed by atoms with van der Waals surface area (Å²) < 4.78 is 4.99. The van der Waals surface area contributed by atoms with Crippen LogP contribution in [0.1, 0.15) is 11.1 Å². The summed E-state index contributed by atoms with van der Waals surface area (Å²) in [7, 11) is 0. The maximum Gasteiger partial charge on any atom is 0.331 e. The van der Waals surface area contributed by atoms with Gasteiger partial charge in [-0.3, -0.25) is 0 Å². The number of carbonyl (C=O) groups excluding carboxylic acids is 1. The van der Waals surface area contributed by atoms with Crippen molar-refractivity contribution in [2.24, 2.45) is 0 Å². The third kappa shape index (κ3) is 5.24. The van der Waals surface area contributed by atoms with Crippen LogP contribution >= 0.6 is 0 Å². The number of benzene rings is 2. The van der Waals surface area contributed by atoms with E-state index in [-0.39, 0.29) is 23.9 Å². The van der Waals surface area contributed by atoms with Crippen LogP contribution in [0, 0.1) is 0 Å². The lowest BCUT2D eigenvalue weighted by atomic mass is 10.2. The number of phenols is 3. The molecule has 0 aliphatic rings. The van der Waals surface area contributed by atoms with Gasteiger partial charge in [0.15, 0.2) is 11.5 Å². The fraction of sp³-hybridized carbons (Fsp3) is 0.0556. The lowest BCUT2D eigenvalue weighted by molar-refractivity contribution is -0.136. The molecule has 0 saturated heterocycles. The topological polar surface area (TPSA) is 87.0 Å². The smallest absolute Gasteiger partial charge is 0.331 e. The van der Waals surface area contributed by atoms with Gasteiger partial charge in [0.1, 0.15) is 12.4 Å². The third-order valence-electron chi connectivity index (χ3n) is 2.94. The molecule has 5 heteroatoms. The van der Waals surface area contributed by atoms with Gasteiger partial charge in [0.2, 0.25) is 0 Å². The molecule has 0 heterocycles. The second kappa shape index (κ2) is 7.70. The van der Waals surface area contributed by atoms with E-state index in [0.29, 0.717) is 5.56 Å². The Hall–Kier alpha value is -3.21. The van der Waals surface area contributed by atoms with Gasteiger partial charge in [-0.2, -0.15) is 0 Å². The summed E-state index contributed by atoms with van der Waals surface area (Å²) >= 11 is 0. The number of esters is 1. The minimum absolute atomic E-state index is 0.116. The largest absolute Gasteiger partial charge is 0.508 e. The molecule has 0 amide bonds. The minimum atomic E-state index is -0.520. The molecule has 0 bridgehead atoms. The molecule has 23 heavy (non-hydrogen) atoms. The van der Waals surface area contributed by atoms with Crippen LogP contribution in [0.5, 0.6) is 17.2 Å². The van der Waals surface area contributed by atoms with Crippen LogP contribution in [0.25, 0.3) is 12.2 Å². The second-order valence-electron chi connectivity index (χ2n) is 4.71. The summed E-state index contributed by atoms with van der Waals surface area (Å²) in [5, 5.41) is 27.7. The minimum Gasteiger partial charge on any atom is -0.508 e. The van der Waals surface area contributed by atoms with Crippen LogP contribution in [0.4, 0.5) is 0 Å². The standard InChI is InChI=1S/C18H16O5/c19-15-7-3-13(4-8-15)2-1-11-23-18(22)10-6-14-5-9-16(20)17(21)12-14/h1-10,12,19-21H,11H2/b2-1+,10-6+. The van der Waals surface area contributed by atoms with E-state index in [9.17, 15) is 15.0 Å². The lowest BCUT2D eigenvalue weighted by Crippen LogP contribution is -1.99. The van der Waals surface area contributed by atoms with E-state index in [1.54, 1.807) is 42.5 Å². The quantitative estimate of drug-likeness (QED) is 0.449. The van der Waals surface area contributed by atoms with E-state index in [2.05, 4.69) is 0 Å². The zero-order valence-corrected chi connectivity index (χ0v) is 12.2. The fourth-order valence-corrected chi connectivity index (χ4v) is 1.76. The molecule has 0 spiro atoms. The van der Waals surface area contributed by atoms with Gasteiger partial charge in [-0.25, -0.2) is 4.79 Å². The van der Waals surface area contributed by atoms with Crippen molar-refractivity contribution >= 4 is 18.1 Å². The van der Waals surface area contributed by atoms with Gasteiger partial charge in [0, 0.05) is 6.08 Å². The van der Waals surface area contributed by atoms with Crippen molar-refractivity contribution in [3.8, 4) is 17.2 Å². The maximum absolute atomic E-state index is 11.5. The Morgan fingerprint density at radius 2 is 1.61 bits per heavy atom. The molecule has 118 valence electrons. The average Bonchev–Trinajstić information content (AvgIpc) is 2.54. The third-order valence-corrected chi connectivity index (χ3v) is 2.94. The van der Waals surface area contributed by atoms with Crippen molar-refractivity contribution in [1.82, 2.24) is 0 Å². The van der Waals surface area contributed by atoms with Gasteiger partial charge in [0.25, 0.3) is 0 Å². The molecule has 0 atom stereocenters. The van der Waals surface area contributed by atoms with Gasteiger partial charge in [0.05, 0.1) is 0 Å². The van der Waals surface area contributed by atoms with Crippen LogP contribution in [-0.4, -0.2) is 27.9 Å². The zero-order valence-electron chi connectivity index (χ0n) is 12.2. The second-order valence-corrected chi connectivity index (χ2v) is 4.71. The molecular weight excluding hydrogens is 296 g/mol. The number of rotatable bonds is 5. The Bertz CT molecular complexity index is 730. The highest BCUT2D eigenvalue weighted by Gasteiger charge is 1.99. The molecule has 2 aromatic rings. The van der Waals surface area contributed by atoms with E-state index >= 15 is 0 Å². The van der Waals surface area contributed by atoms with Crippen LogP contribution in [0.3, 0.4) is 0 Å². The number of ether oxygens (including phenoxy) is 1. The Morgan fingerprint density at radius 1 is 0.913 bits per heavy atom. The van der Waals surface area contributed by atoms with Crippen LogP contribution in [0.15, 0.2) is 54.6 Å². The fourth-order valence-electron chi connectivity index (χ4n) is 1.76. The molecule has 0 aliphatic heterocycles. The Kier molecular flexibility index (Phi) is 5.41. The number of carbonyl (C=O) groups is 1. The molecule has 2 rings (SSSR count). The number of hydrogen-bond donors (Lipinski definition) is 3. The summed E-state index contributed by atoms with van der Waals surface area (Å²) in [4.78, 5) is 11.5. The first-order valence-electron chi connectivity index (χ1n) is 6.87. The number of aromatic hydroxyl groups is 3. The predicted octanol–water partition coefficient (Wildman–Crippen LogP) is 3.07. The SMILES string of the molecule is O=C(/C=C/c1ccc(O)c(O)c1)OC/C=C/c1ccc(O)cc1. The molecular formula is C18H16O5. The number of hydrogen-bond acceptors (Lipinski definition) is 5. The van der Waals surface area contributed by atoms with Crippen molar-refractivity contribution < 1.29 is 24.9 Å². The Labute approximate surface area is 133 Å². The van der Waals surface area contributed by atoms with E-state index < -0.39 is 5.97 Å². The monoisotopic (exact) mass is 312 g/mol. The first kappa shape index (κ1) is 16.2. The lowest BCUT2D eigenvalue weighted by Gasteiger charge is -1.99. The molecule has 0 radical (unpaired) electrons. The normalized spacial score (nSPS) is 11.1. The molecule has 0 saturated carbocycles. The molecule has 2 aromatic carbocycles. The molecule has 0 unspecified atom stereocenters. The van der Waals surface area contributed by atoms with Crippen molar-refractivity contribution in [2.45, 2.75) is 0 Å². The molecule has 5 nitrogen and oxygen atoms in total. The summed E-state index contributed by atoms with van der Waals surface area (Å²) in [5.74, 6) is -0.798. The van der Waals surface area contributed by atoms with Crippen LogP contribution in [-0.2, 0) is 9.53 Å². The average molecular weight is 312 g/mol. The van der Waals surface area contributed by atoms with Crippen molar-refractivity contribution in [3.05, 3.63) is 65.7 Å². The highest BCUT2D eigenvalue weighted by atomic mass is 16.5. The maximum atomic E-state index is 11.5. The molecule has 0 fully saturated rings. The van der Waals surface area contributed by atoms with Gasteiger partial charge >= 0.3 is 5.97 Å². The zero-order chi connectivity index (χ0) is 16.7. The summed E-state index contributed by atoms with van der Waals surface area (Å²) in [6, 6.07) is 10.9. The first-order valence-corrected chi connectivity index (χ1v) is 6.87. The Balaban J connectivity index is 1.81. The van der Waals surface area contributed by atoms with Crippen molar-refractivity contribution in [1.29, 1.82) is 0 Å². The van der Waals surface area contributed by atoms with Gasteiger partial charge in [-0.15, -0.1) is 0 Å². The van der Waals surface area contributed by atoms with Crippen LogP contribution < -0.4 is 0 Å². The molecule has 0 aromatic heterocycles. The summed E-state index contributed by atoms with van der Waals surface area (Å²) in [6.45, 7) is 0.116. The van der Waals surface area contributed by atoms with E-state index in [1.807, 2.05) is 0 Å². The predicted molar refractivity (Wildman–Crippen MR) is 86.9 cm³/mol. The summed E-state index contributed by atoms with van der Waals surface area (Å²) in [5.41, 5.74) is 1.45. The van der Waals surface area contributed by atoms with Gasteiger partial charge < -0.3 is 20.1 Å². The highest BCUT2D eigenvalue weighted by molar-refractivity contribution is 5.87.